The van der Waals surface area contributed by atoms with Crippen molar-refractivity contribution in [1.29, 1.82) is 0 Å². The Labute approximate surface area is 154 Å². The molecule has 1 fully saturated rings. The molecule has 2 unspecified atom stereocenters. The van der Waals surface area contributed by atoms with Gasteiger partial charge in [0.1, 0.15) is 11.6 Å². The molecule has 3 nitrogen and oxygen atoms in total. The van der Waals surface area contributed by atoms with Crippen LogP contribution >= 0.6 is 24.0 Å². The molecule has 1 aliphatic heterocycles. The van der Waals surface area contributed by atoms with E-state index in [1.54, 1.807) is 7.05 Å². The lowest BCUT2D eigenvalue weighted by Crippen LogP contribution is -2.48. The lowest BCUT2D eigenvalue weighted by atomic mass is 9.92. The summed E-state index contributed by atoms with van der Waals surface area (Å²) in [6.45, 7) is 6.88. The lowest BCUT2D eigenvalue weighted by molar-refractivity contribution is 0.208. The third-order valence-electron chi connectivity index (χ3n) is 4.10. The summed E-state index contributed by atoms with van der Waals surface area (Å²) in [5.74, 6) is 1.10. The zero-order chi connectivity index (χ0) is 16.1. The van der Waals surface area contributed by atoms with Crippen LogP contribution in [0.15, 0.2) is 23.2 Å². The third-order valence-corrected chi connectivity index (χ3v) is 4.10. The lowest BCUT2D eigenvalue weighted by Gasteiger charge is -2.37. The molecule has 1 aromatic carbocycles. The first-order valence-corrected chi connectivity index (χ1v) is 7.89. The number of rotatable bonds is 3. The molecule has 0 bridgehead atoms. The van der Waals surface area contributed by atoms with Crippen molar-refractivity contribution in [2.45, 2.75) is 26.7 Å². The highest BCUT2D eigenvalue weighted by atomic mass is 127. The number of piperidine rings is 1. The molecule has 2 rings (SSSR count). The minimum atomic E-state index is -0.489. The fraction of sp³-hybridized carbons (Fsp3) is 0.588. The number of likely N-dealkylation sites (tertiary alicyclic amines) is 1. The molecule has 23 heavy (non-hydrogen) atoms. The van der Waals surface area contributed by atoms with E-state index < -0.39 is 11.6 Å². The molecule has 1 N–H and O–H groups in total. The summed E-state index contributed by atoms with van der Waals surface area (Å²) < 4.78 is 27.2. The second-order valence-corrected chi connectivity index (χ2v) is 6.28. The zero-order valence-electron chi connectivity index (χ0n) is 14.0. The molecule has 0 aliphatic carbocycles. The van der Waals surface area contributed by atoms with Crippen LogP contribution in [-0.2, 0) is 6.42 Å². The largest absolute Gasteiger partial charge is 0.356 e. The van der Waals surface area contributed by atoms with Gasteiger partial charge in [0.05, 0.1) is 0 Å². The fourth-order valence-electron chi connectivity index (χ4n) is 3.24. The van der Waals surface area contributed by atoms with Gasteiger partial charge in [-0.3, -0.25) is 4.99 Å². The summed E-state index contributed by atoms with van der Waals surface area (Å²) in [7, 11) is 1.75. The van der Waals surface area contributed by atoms with Crippen molar-refractivity contribution < 1.29 is 8.78 Å². The minimum absolute atomic E-state index is 0. The van der Waals surface area contributed by atoms with Crippen LogP contribution in [0, 0.1) is 23.5 Å². The van der Waals surface area contributed by atoms with Crippen molar-refractivity contribution in [3.63, 3.8) is 0 Å². The van der Waals surface area contributed by atoms with Crippen LogP contribution in [0.1, 0.15) is 25.8 Å². The van der Waals surface area contributed by atoms with E-state index in [1.165, 1.54) is 24.6 Å². The van der Waals surface area contributed by atoms with Crippen LogP contribution in [0.2, 0.25) is 0 Å². The number of nitrogens with zero attached hydrogens (tertiary/aromatic N) is 2. The Morgan fingerprint density at radius 1 is 1.22 bits per heavy atom. The predicted octanol–water partition coefficient (Wildman–Crippen LogP) is 3.68. The van der Waals surface area contributed by atoms with Crippen LogP contribution < -0.4 is 5.32 Å². The van der Waals surface area contributed by atoms with Crippen molar-refractivity contribution in [2.24, 2.45) is 16.8 Å². The smallest absolute Gasteiger partial charge is 0.193 e. The van der Waals surface area contributed by atoms with Crippen molar-refractivity contribution in [2.75, 3.05) is 26.7 Å². The topological polar surface area (TPSA) is 27.6 Å². The average molecular weight is 437 g/mol. The van der Waals surface area contributed by atoms with Crippen LogP contribution in [0.3, 0.4) is 0 Å². The molecule has 1 heterocycles. The van der Waals surface area contributed by atoms with Crippen LogP contribution in [0.4, 0.5) is 8.78 Å². The summed E-state index contributed by atoms with van der Waals surface area (Å²) in [6.07, 6.45) is 1.53. The number of hydrogen-bond donors (Lipinski definition) is 1. The molecule has 0 amide bonds. The maximum atomic E-state index is 13.6. The van der Waals surface area contributed by atoms with E-state index in [2.05, 4.69) is 29.1 Å². The molecule has 130 valence electrons. The standard InChI is InChI=1S/C17H25F2N3.HI/c1-12-9-13(2)11-22(10-12)17(20-3)21-8-7-14-15(18)5-4-6-16(14)19;/h4-6,12-13H,7-11H2,1-3H3,(H,20,21);1H. The van der Waals surface area contributed by atoms with Crippen LogP contribution in [-0.4, -0.2) is 37.5 Å². The van der Waals surface area contributed by atoms with Crippen LogP contribution in [0.25, 0.3) is 0 Å². The Kier molecular flexibility index (Phi) is 8.22. The molecule has 0 aromatic heterocycles. The van der Waals surface area contributed by atoms with Crippen LogP contribution in [0.5, 0.6) is 0 Å². The molecule has 1 saturated heterocycles. The summed E-state index contributed by atoms with van der Waals surface area (Å²) in [4.78, 5) is 6.53. The van der Waals surface area contributed by atoms with Crippen molar-refractivity contribution in [3.05, 3.63) is 35.4 Å². The van der Waals surface area contributed by atoms with Gasteiger partial charge in [0.25, 0.3) is 0 Å². The first-order chi connectivity index (χ1) is 10.5. The first kappa shape index (κ1) is 20.1. The number of halogens is 3. The molecule has 0 spiro atoms. The van der Waals surface area contributed by atoms with Gasteiger partial charge in [-0.2, -0.15) is 0 Å². The predicted molar refractivity (Wildman–Crippen MR) is 101 cm³/mol. The van der Waals surface area contributed by atoms with E-state index in [1.807, 2.05) is 0 Å². The van der Waals surface area contributed by atoms with Gasteiger partial charge < -0.3 is 10.2 Å². The Balaban J connectivity index is 0.00000264. The molecule has 0 saturated carbocycles. The van der Waals surface area contributed by atoms with E-state index in [4.69, 9.17) is 0 Å². The quantitative estimate of drug-likeness (QED) is 0.444. The van der Waals surface area contributed by atoms with Gasteiger partial charge in [-0.1, -0.05) is 19.9 Å². The van der Waals surface area contributed by atoms with Gasteiger partial charge >= 0.3 is 0 Å². The maximum absolute atomic E-state index is 13.6. The number of benzene rings is 1. The maximum Gasteiger partial charge on any atom is 0.193 e. The van der Waals surface area contributed by atoms with Gasteiger partial charge in [-0.15, -0.1) is 24.0 Å². The number of nitrogens with one attached hydrogen (secondary N) is 1. The van der Waals surface area contributed by atoms with Gasteiger partial charge in [0.15, 0.2) is 5.96 Å². The van der Waals surface area contributed by atoms with E-state index in [-0.39, 0.29) is 29.5 Å². The zero-order valence-corrected chi connectivity index (χ0v) is 16.3. The number of aliphatic imine (C=N–C) groups is 1. The number of guanidine groups is 1. The van der Waals surface area contributed by atoms with Gasteiger partial charge in [-0.25, -0.2) is 8.78 Å². The molecule has 2 atom stereocenters. The molecular weight excluding hydrogens is 411 g/mol. The third kappa shape index (κ3) is 5.58. The van der Waals surface area contributed by atoms with Crippen molar-refractivity contribution >= 4 is 29.9 Å². The molecule has 1 aromatic rings. The van der Waals surface area contributed by atoms with Gasteiger partial charge in [0.2, 0.25) is 0 Å². The molecule has 0 radical (unpaired) electrons. The van der Waals surface area contributed by atoms with Crippen molar-refractivity contribution in [3.8, 4) is 0 Å². The van der Waals surface area contributed by atoms with E-state index in [0.29, 0.717) is 24.8 Å². The van der Waals surface area contributed by atoms with E-state index in [0.717, 1.165) is 19.0 Å². The molecule has 6 heteroatoms. The SMILES string of the molecule is CN=C(NCCc1c(F)cccc1F)N1CC(C)CC(C)C1.I. The minimum Gasteiger partial charge on any atom is -0.356 e. The van der Waals surface area contributed by atoms with Crippen molar-refractivity contribution in [1.82, 2.24) is 10.2 Å². The van der Waals surface area contributed by atoms with E-state index >= 15 is 0 Å². The normalized spacial score (nSPS) is 21.8. The molecular formula is C17H26F2IN3. The summed E-state index contributed by atoms with van der Waals surface area (Å²) in [5.41, 5.74) is 0.130. The summed E-state index contributed by atoms with van der Waals surface area (Å²) in [5, 5.41) is 3.23. The summed E-state index contributed by atoms with van der Waals surface area (Å²) >= 11 is 0. The highest BCUT2D eigenvalue weighted by molar-refractivity contribution is 14.0. The monoisotopic (exact) mass is 437 g/mol. The Hall–Kier alpha value is -0.920. The Morgan fingerprint density at radius 3 is 2.30 bits per heavy atom. The highest BCUT2D eigenvalue weighted by Crippen LogP contribution is 2.20. The number of hydrogen-bond acceptors (Lipinski definition) is 1. The van der Waals surface area contributed by atoms with Gasteiger partial charge in [-0.05, 0) is 36.8 Å². The Bertz CT molecular complexity index is 506. The van der Waals surface area contributed by atoms with E-state index in [9.17, 15) is 8.78 Å². The summed E-state index contributed by atoms with van der Waals surface area (Å²) in [6, 6.07) is 3.97. The second-order valence-electron chi connectivity index (χ2n) is 6.28. The second kappa shape index (κ2) is 9.39. The highest BCUT2D eigenvalue weighted by Gasteiger charge is 2.23. The first-order valence-electron chi connectivity index (χ1n) is 7.89. The average Bonchev–Trinajstić information content (AvgIpc) is 2.45. The Morgan fingerprint density at radius 2 is 1.78 bits per heavy atom. The molecule has 1 aliphatic rings. The van der Waals surface area contributed by atoms with Gasteiger partial charge in [0, 0.05) is 32.2 Å². The fourth-order valence-corrected chi connectivity index (χ4v) is 3.24.